The summed E-state index contributed by atoms with van der Waals surface area (Å²) >= 11 is 0. The number of piperazine rings is 1. The summed E-state index contributed by atoms with van der Waals surface area (Å²) in [5, 5.41) is 6.77. The lowest BCUT2D eigenvalue weighted by molar-refractivity contribution is -0.121. The molecule has 0 aliphatic carbocycles. The summed E-state index contributed by atoms with van der Waals surface area (Å²) in [6, 6.07) is 0.988. The molecular weight excluding hydrogens is 426 g/mol. The first-order chi connectivity index (χ1) is 15.3. The number of anilines is 1. The maximum absolute atomic E-state index is 13.3. The molecule has 1 atom stereocenters. The predicted molar refractivity (Wildman–Crippen MR) is 123 cm³/mol. The molecule has 10 nitrogen and oxygen atoms in total. The average molecular weight is 464 g/mol. The van der Waals surface area contributed by atoms with E-state index < -0.39 is 11.6 Å². The van der Waals surface area contributed by atoms with Crippen LogP contribution in [0.3, 0.4) is 0 Å². The van der Waals surface area contributed by atoms with Gasteiger partial charge in [-0.1, -0.05) is 25.9 Å². The number of amides is 4. The minimum absolute atomic E-state index is 0.172. The van der Waals surface area contributed by atoms with Gasteiger partial charge in [-0.05, 0) is 40.0 Å². The van der Waals surface area contributed by atoms with E-state index in [0.717, 1.165) is 12.8 Å². The third-order valence-corrected chi connectivity index (χ3v) is 5.75. The van der Waals surface area contributed by atoms with Crippen LogP contribution in [0.2, 0.25) is 0 Å². The molecule has 3 heterocycles. The minimum Gasteiger partial charge on any atom is -0.444 e. The van der Waals surface area contributed by atoms with E-state index in [0.29, 0.717) is 50.7 Å². The van der Waals surface area contributed by atoms with E-state index in [-0.39, 0.29) is 23.4 Å². The molecule has 0 radical (unpaired) electrons. The van der Waals surface area contributed by atoms with Crippen molar-refractivity contribution in [3.05, 3.63) is 11.8 Å². The van der Waals surface area contributed by atoms with Gasteiger partial charge in [0, 0.05) is 44.2 Å². The number of nitrogens with one attached hydrogen (secondary N) is 1. The van der Waals surface area contributed by atoms with Crippen LogP contribution in [0.15, 0.2) is 10.6 Å². The van der Waals surface area contributed by atoms with Crippen molar-refractivity contribution in [3.8, 4) is 0 Å². The Balaban J connectivity index is 1.59. The Morgan fingerprint density at radius 3 is 2.21 bits per heavy atom. The predicted octanol–water partition coefficient (Wildman–Crippen LogP) is 3.44. The van der Waals surface area contributed by atoms with Gasteiger partial charge in [0.05, 0.1) is 0 Å². The monoisotopic (exact) mass is 463 g/mol. The Labute approximate surface area is 195 Å². The minimum atomic E-state index is -0.565. The van der Waals surface area contributed by atoms with Crippen LogP contribution in [-0.4, -0.2) is 82.3 Å². The lowest BCUT2D eigenvalue weighted by atomic mass is 9.93. The van der Waals surface area contributed by atoms with Gasteiger partial charge >= 0.3 is 12.1 Å². The highest BCUT2D eigenvalue weighted by Crippen LogP contribution is 2.26. The molecule has 2 fully saturated rings. The Kier molecular flexibility index (Phi) is 7.23. The highest BCUT2D eigenvalue weighted by Gasteiger charge is 2.37. The fraction of sp³-hybridized carbons (Fsp3) is 0.739. The van der Waals surface area contributed by atoms with E-state index in [1.165, 1.54) is 0 Å². The SMILES string of the molecule is CC(C)(C)OC(=O)N1CCN(C(=O)N2CCCCC2C(=O)Nc2cc(C(C)(C)C)on2)CC1. The van der Waals surface area contributed by atoms with Crippen LogP contribution in [0.25, 0.3) is 0 Å². The second-order valence-electron chi connectivity index (χ2n) is 10.8. The zero-order valence-electron chi connectivity index (χ0n) is 20.6. The molecule has 1 aromatic rings. The molecule has 10 heteroatoms. The van der Waals surface area contributed by atoms with Crippen LogP contribution in [0.5, 0.6) is 0 Å². The summed E-state index contributed by atoms with van der Waals surface area (Å²) in [6.45, 7) is 13.6. The second kappa shape index (κ2) is 9.61. The van der Waals surface area contributed by atoms with E-state index in [1.54, 1.807) is 20.8 Å². The van der Waals surface area contributed by atoms with Crippen molar-refractivity contribution in [2.45, 2.75) is 77.9 Å². The topological polar surface area (TPSA) is 108 Å². The summed E-state index contributed by atoms with van der Waals surface area (Å²) in [5.41, 5.74) is -0.778. The van der Waals surface area contributed by atoms with Crippen LogP contribution < -0.4 is 5.32 Å². The van der Waals surface area contributed by atoms with Crippen molar-refractivity contribution in [1.82, 2.24) is 19.9 Å². The zero-order chi connectivity index (χ0) is 24.4. The number of urea groups is 1. The molecule has 33 heavy (non-hydrogen) atoms. The van der Waals surface area contributed by atoms with Gasteiger partial charge in [-0.2, -0.15) is 0 Å². The van der Waals surface area contributed by atoms with Crippen molar-refractivity contribution in [3.63, 3.8) is 0 Å². The molecule has 0 bridgehead atoms. The number of hydrogen-bond acceptors (Lipinski definition) is 6. The number of ether oxygens (including phenoxy) is 1. The molecule has 2 aliphatic rings. The molecule has 1 N–H and O–H groups in total. The van der Waals surface area contributed by atoms with E-state index in [4.69, 9.17) is 9.26 Å². The normalized spacial score (nSPS) is 19.9. The highest BCUT2D eigenvalue weighted by molar-refractivity contribution is 5.96. The van der Waals surface area contributed by atoms with Gasteiger partial charge in [0.25, 0.3) is 0 Å². The Hall–Kier alpha value is -2.78. The number of carbonyl (C=O) groups excluding carboxylic acids is 3. The maximum Gasteiger partial charge on any atom is 0.410 e. The maximum atomic E-state index is 13.3. The first-order valence-electron chi connectivity index (χ1n) is 11.7. The Morgan fingerprint density at radius 1 is 1.00 bits per heavy atom. The van der Waals surface area contributed by atoms with Crippen molar-refractivity contribution < 1.29 is 23.6 Å². The third-order valence-electron chi connectivity index (χ3n) is 5.75. The number of piperidine rings is 1. The average Bonchev–Trinajstić information content (AvgIpc) is 3.21. The first-order valence-corrected chi connectivity index (χ1v) is 11.7. The Bertz CT molecular complexity index is 861. The van der Waals surface area contributed by atoms with E-state index in [2.05, 4.69) is 10.5 Å². The van der Waals surface area contributed by atoms with Gasteiger partial charge in [0.1, 0.15) is 17.4 Å². The van der Waals surface area contributed by atoms with E-state index in [1.807, 2.05) is 41.5 Å². The summed E-state index contributed by atoms with van der Waals surface area (Å²) in [7, 11) is 0. The van der Waals surface area contributed by atoms with Gasteiger partial charge in [-0.15, -0.1) is 0 Å². The zero-order valence-corrected chi connectivity index (χ0v) is 20.6. The molecule has 184 valence electrons. The van der Waals surface area contributed by atoms with Gasteiger partial charge in [0.15, 0.2) is 5.82 Å². The molecule has 2 saturated heterocycles. The quantitative estimate of drug-likeness (QED) is 0.720. The van der Waals surface area contributed by atoms with Gasteiger partial charge in [0.2, 0.25) is 5.91 Å². The lowest BCUT2D eigenvalue weighted by Crippen LogP contribution is -2.58. The van der Waals surface area contributed by atoms with Crippen LogP contribution >= 0.6 is 0 Å². The molecule has 0 aromatic carbocycles. The van der Waals surface area contributed by atoms with Crippen molar-refractivity contribution in [1.29, 1.82) is 0 Å². The Morgan fingerprint density at radius 2 is 1.64 bits per heavy atom. The van der Waals surface area contributed by atoms with Crippen LogP contribution in [-0.2, 0) is 14.9 Å². The van der Waals surface area contributed by atoms with Gasteiger partial charge in [-0.25, -0.2) is 9.59 Å². The van der Waals surface area contributed by atoms with Crippen molar-refractivity contribution in [2.75, 3.05) is 38.0 Å². The van der Waals surface area contributed by atoms with E-state index in [9.17, 15) is 14.4 Å². The smallest absolute Gasteiger partial charge is 0.410 e. The molecule has 3 rings (SSSR count). The number of aromatic nitrogens is 1. The molecule has 4 amide bonds. The second-order valence-corrected chi connectivity index (χ2v) is 10.8. The summed E-state index contributed by atoms with van der Waals surface area (Å²) in [4.78, 5) is 43.6. The third kappa shape index (κ3) is 6.39. The van der Waals surface area contributed by atoms with Gasteiger partial charge in [-0.3, -0.25) is 4.79 Å². The molecule has 1 aromatic heterocycles. The standard InChI is InChI=1S/C23H37N5O5/c1-22(2,3)17-15-18(25-33-17)24-19(29)16-9-7-8-10-28(16)20(30)26-11-13-27(14-12-26)21(31)32-23(4,5)6/h15-16H,7-14H2,1-6H3,(H,24,25,29). The molecule has 0 saturated carbocycles. The number of carbonyl (C=O) groups is 3. The lowest BCUT2D eigenvalue weighted by Gasteiger charge is -2.41. The summed E-state index contributed by atoms with van der Waals surface area (Å²) in [5.74, 6) is 0.773. The summed E-state index contributed by atoms with van der Waals surface area (Å²) in [6.07, 6.45) is 1.96. The van der Waals surface area contributed by atoms with Crippen LogP contribution in [0, 0.1) is 0 Å². The summed E-state index contributed by atoms with van der Waals surface area (Å²) < 4.78 is 10.8. The van der Waals surface area contributed by atoms with Gasteiger partial charge < -0.3 is 29.3 Å². The molecule has 1 unspecified atom stereocenters. The highest BCUT2D eigenvalue weighted by atomic mass is 16.6. The van der Waals surface area contributed by atoms with Crippen LogP contribution in [0.1, 0.15) is 66.6 Å². The van der Waals surface area contributed by atoms with Crippen LogP contribution in [0.4, 0.5) is 15.4 Å². The number of likely N-dealkylation sites (tertiary alicyclic amines) is 1. The molecule has 0 spiro atoms. The van der Waals surface area contributed by atoms with E-state index >= 15 is 0 Å². The molecular formula is C23H37N5O5. The van der Waals surface area contributed by atoms with Crippen molar-refractivity contribution >= 4 is 23.8 Å². The molecule has 2 aliphatic heterocycles. The fourth-order valence-corrected chi connectivity index (χ4v) is 3.92. The number of nitrogens with zero attached hydrogens (tertiary/aromatic N) is 4. The number of rotatable bonds is 2. The fourth-order valence-electron chi connectivity index (χ4n) is 3.92. The number of hydrogen-bond donors (Lipinski definition) is 1. The van der Waals surface area contributed by atoms with Crippen molar-refractivity contribution in [2.24, 2.45) is 0 Å². The largest absolute Gasteiger partial charge is 0.444 e. The first kappa shape index (κ1) is 24.9.